The van der Waals surface area contributed by atoms with Crippen LogP contribution >= 0.6 is 27.5 Å². The number of halogens is 2. The first-order valence-corrected chi connectivity index (χ1v) is 11.1. The van der Waals surface area contributed by atoms with Gasteiger partial charge < -0.3 is 28.7 Å². The summed E-state index contributed by atoms with van der Waals surface area (Å²) in [6.45, 7) is 1.28. The van der Waals surface area contributed by atoms with Crippen molar-refractivity contribution in [2.75, 3.05) is 21.3 Å². The lowest BCUT2D eigenvalue weighted by Gasteiger charge is -2.18. The van der Waals surface area contributed by atoms with E-state index >= 15 is 0 Å². The van der Waals surface area contributed by atoms with Gasteiger partial charge in [0.15, 0.2) is 17.6 Å². The number of imide groups is 1. The van der Waals surface area contributed by atoms with Crippen LogP contribution in [0.2, 0.25) is 5.02 Å². The van der Waals surface area contributed by atoms with E-state index in [1.54, 1.807) is 0 Å². The number of benzene rings is 1. The van der Waals surface area contributed by atoms with Crippen molar-refractivity contribution in [3.63, 3.8) is 0 Å². The molecule has 1 saturated heterocycles. The molecular formula is C22H20BrClN2O9. The minimum Gasteiger partial charge on any atom is -0.493 e. The summed E-state index contributed by atoms with van der Waals surface area (Å²) < 4.78 is 25.8. The van der Waals surface area contributed by atoms with Gasteiger partial charge in [-0.1, -0.05) is 11.6 Å². The number of nitrogens with one attached hydrogen (secondary N) is 1. The van der Waals surface area contributed by atoms with Crippen molar-refractivity contribution in [1.82, 2.24) is 10.2 Å². The van der Waals surface area contributed by atoms with E-state index in [4.69, 9.17) is 25.5 Å². The van der Waals surface area contributed by atoms with E-state index < -0.39 is 30.0 Å². The van der Waals surface area contributed by atoms with Crippen LogP contribution in [0, 0.1) is 0 Å². The third-order valence-corrected chi connectivity index (χ3v) is 6.27. The fourth-order valence-corrected chi connectivity index (χ4v) is 3.72. The van der Waals surface area contributed by atoms with Gasteiger partial charge in [0.05, 0.1) is 27.9 Å². The Morgan fingerprint density at radius 3 is 2.57 bits per heavy atom. The molecule has 186 valence electrons. The lowest BCUT2D eigenvalue weighted by Crippen LogP contribution is -2.30. The van der Waals surface area contributed by atoms with Gasteiger partial charge in [0.25, 0.3) is 5.91 Å². The largest absolute Gasteiger partial charge is 0.493 e. The lowest BCUT2D eigenvalue weighted by molar-refractivity contribution is -0.148. The first-order chi connectivity index (χ1) is 16.6. The predicted molar refractivity (Wildman–Crippen MR) is 125 cm³/mol. The van der Waals surface area contributed by atoms with Crippen LogP contribution in [-0.4, -0.2) is 56.2 Å². The topological polar surface area (TPSA) is 134 Å². The number of ether oxygens (including phenoxy) is 4. The van der Waals surface area contributed by atoms with Crippen LogP contribution in [0.25, 0.3) is 6.08 Å². The molecule has 0 unspecified atom stereocenters. The summed E-state index contributed by atoms with van der Waals surface area (Å²) in [7, 11) is 3.81. The Kier molecular flexibility index (Phi) is 8.07. The van der Waals surface area contributed by atoms with Crippen molar-refractivity contribution >= 4 is 57.5 Å². The van der Waals surface area contributed by atoms with Crippen molar-refractivity contribution in [1.29, 1.82) is 0 Å². The normalized spacial score (nSPS) is 15.1. The van der Waals surface area contributed by atoms with Crippen molar-refractivity contribution in [2.24, 2.45) is 0 Å². The van der Waals surface area contributed by atoms with Crippen molar-refractivity contribution < 1.29 is 42.5 Å². The van der Waals surface area contributed by atoms with Gasteiger partial charge in [-0.2, -0.15) is 0 Å². The van der Waals surface area contributed by atoms with Gasteiger partial charge >= 0.3 is 18.0 Å². The Hall–Kier alpha value is -3.51. The lowest BCUT2D eigenvalue weighted by atomic mass is 10.1. The van der Waals surface area contributed by atoms with Gasteiger partial charge in [-0.05, 0) is 52.7 Å². The molecule has 2 aromatic rings. The third kappa shape index (κ3) is 5.43. The number of urea groups is 1. The fourth-order valence-electron chi connectivity index (χ4n) is 3.06. The molecular weight excluding hydrogens is 552 g/mol. The second-order valence-electron chi connectivity index (χ2n) is 7.05. The summed E-state index contributed by atoms with van der Waals surface area (Å²) in [6.07, 6.45) is 0.432. The van der Waals surface area contributed by atoms with Crippen LogP contribution in [0.4, 0.5) is 4.79 Å². The van der Waals surface area contributed by atoms with Gasteiger partial charge in [-0.15, -0.1) is 0 Å². The number of esters is 2. The first kappa shape index (κ1) is 26.1. The Morgan fingerprint density at radius 1 is 1.23 bits per heavy atom. The highest BCUT2D eigenvalue weighted by molar-refractivity contribution is 9.10. The van der Waals surface area contributed by atoms with E-state index in [1.165, 1.54) is 52.5 Å². The molecule has 3 rings (SSSR count). The Balaban J connectivity index is 1.87. The highest BCUT2D eigenvalue weighted by Gasteiger charge is 2.35. The molecule has 0 spiro atoms. The maximum atomic E-state index is 12.9. The number of amides is 3. The number of rotatable bonds is 8. The van der Waals surface area contributed by atoms with Crippen molar-refractivity contribution in [2.45, 2.75) is 19.6 Å². The monoisotopic (exact) mass is 570 g/mol. The summed E-state index contributed by atoms with van der Waals surface area (Å²) in [5, 5.41) is 2.56. The number of methoxy groups -OCH3 is 3. The Labute approximate surface area is 213 Å². The Morgan fingerprint density at radius 2 is 1.94 bits per heavy atom. The molecule has 0 saturated carbocycles. The number of hydrogen-bond donors (Lipinski definition) is 1. The van der Waals surface area contributed by atoms with Crippen LogP contribution in [0.1, 0.15) is 28.8 Å². The minimum atomic E-state index is -0.965. The van der Waals surface area contributed by atoms with Gasteiger partial charge in [0.2, 0.25) is 5.76 Å². The van der Waals surface area contributed by atoms with Crippen LogP contribution in [0.5, 0.6) is 11.5 Å². The number of furan rings is 1. The van der Waals surface area contributed by atoms with Crippen LogP contribution in [-0.2, 0) is 25.6 Å². The van der Waals surface area contributed by atoms with E-state index in [9.17, 15) is 19.2 Å². The molecule has 35 heavy (non-hydrogen) atoms. The molecule has 1 fully saturated rings. The summed E-state index contributed by atoms with van der Waals surface area (Å²) >= 11 is 9.78. The highest BCUT2D eigenvalue weighted by atomic mass is 79.9. The smallest absolute Gasteiger partial charge is 0.373 e. The first-order valence-electron chi connectivity index (χ1n) is 9.93. The molecule has 1 aromatic carbocycles. The zero-order chi connectivity index (χ0) is 25.9. The molecule has 0 radical (unpaired) electrons. The zero-order valence-electron chi connectivity index (χ0n) is 19.0. The van der Waals surface area contributed by atoms with E-state index in [2.05, 4.69) is 30.7 Å². The molecule has 2 heterocycles. The number of carbonyl (C=O) groups is 4. The second-order valence-corrected chi connectivity index (χ2v) is 8.22. The maximum Gasteiger partial charge on any atom is 0.373 e. The van der Waals surface area contributed by atoms with E-state index in [0.717, 1.165) is 4.90 Å². The highest BCUT2D eigenvalue weighted by Crippen LogP contribution is 2.44. The van der Waals surface area contributed by atoms with Gasteiger partial charge in [0.1, 0.15) is 16.5 Å². The SMILES string of the molecule is COC(=O)c1ccc(CN2C(=O)N/C(=C\c3cc(OC)c(O[C@@H](C)C(=O)OC)c(Cl)c3Br)C2=O)o1. The molecule has 1 aliphatic rings. The molecule has 13 heteroatoms. The van der Waals surface area contributed by atoms with Crippen LogP contribution < -0.4 is 14.8 Å². The standard InChI is InChI=1S/C22H20BrClN2O9/c1-10(20(28)32-3)34-18-15(31-2)8-11(16(23)17(18)24)7-13-19(27)26(22(30)25-13)9-12-5-6-14(35-12)21(29)33-4/h5-8,10H,9H2,1-4H3,(H,25,30)/b13-7-/t10-/m0/s1. The maximum absolute atomic E-state index is 12.9. The van der Waals surface area contributed by atoms with Gasteiger partial charge in [-0.25, -0.2) is 14.4 Å². The minimum absolute atomic E-state index is 0.0369. The molecule has 1 atom stereocenters. The predicted octanol–water partition coefficient (Wildman–Crippen LogP) is 3.52. The number of nitrogens with zero attached hydrogens (tertiary/aromatic N) is 1. The summed E-state index contributed by atoms with van der Waals surface area (Å²) in [5.74, 6) is -1.50. The second kappa shape index (κ2) is 10.8. The van der Waals surface area contributed by atoms with Crippen molar-refractivity contribution in [3.8, 4) is 11.5 Å². The number of hydrogen-bond acceptors (Lipinski definition) is 9. The fraction of sp³-hybridized carbons (Fsp3) is 0.273. The van der Waals surface area contributed by atoms with E-state index in [1.807, 2.05) is 0 Å². The summed E-state index contributed by atoms with van der Waals surface area (Å²) in [6, 6.07) is 3.67. The van der Waals surface area contributed by atoms with Gasteiger partial charge in [-0.3, -0.25) is 9.69 Å². The zero-order valence-corrected chi connectivity index (χ0v) is 21.3. The van der Waals surface area contributed by atoms with Crippen LogP contribution in [0.15, 0.2) is 32.8 Å². The molecule has 1 aliphatic heterocycles. The Bertz CT molecular complexity index is 1220. The van der Waals surface area contributed by atoms with Crippen molar-refractivity contribution in [3.05, 3.63) is 50.5 Å². The average molecular weight is 572 g/mol. The van der Waals surface area contributed by atoms with Crippen LogP contribution in [0.3, 0.4) is 0 Å². The quantitative estimate of drug-likeness (QED) is 0.287. The molecule has 1 aromatic heterocycles. The van der Waals surface area contributed by atoms with Gasteiger partial charge in [0, 0.05) is 4.47 Å². The molecule has 0 bridgehead atoms. The summed E-state index contributed by atoms with van der Waals surface area (Å²) in [5.41, 5.74) is 0.353. The molecule has 0 aliphatic carbocycles. The van der Waals surface area contributed by atoms with E-state index in [0.29, 0.717) is 10.0 Å². The molecule has 3 amide bonds. The average Bonchev–Trinajstić information content (AvgIpc) is 3.42. The summed E-state index contributed by atoms with van der Waals surface area (Å²) in [4.78, 5) is 49.5. The molecule has 11 nitrogen and oxygen atoms in total. The third-order valence-electron chi connectivity index (χ3n) is 4.83. The van der Waals surface area contributed by atoms with E-state index in [-0.39, 0.29) is 40.3 Å². The number of carbonyl (C=O) groups excluding carboxylic acids is 4. The molecule has 1 N–H and O–H groups in total.